The SMILES string of the molecule is C[C@H]1CN(C(=O)[C@H](Cc2ccccc2)S(C)(=O)=O)CCN1. The molecule has 0 saturated carbocycles. The van der Waals surface area contributed by atoms with Crippen molar-refractivity contribution in [1.29, 1.82) is 0 Å². The zero-order chi connectivity index (χ0) is 15.5. The lowest BCUT2D eigenvalue weighted by atomic mass is 10.1. The van der Waals surface area contributed by atoms with Crippen molar-refractivity contribution in [3.63, 3.8) is 0 Å². The smallest absolute Gasteiger partial charge is 0.241 e. The number of hydrogen-bond donors (Lipinski definition) is 1. The largest absolute Gasteiger partial charge is 0.339 e. The standard InChI is InChI=1S/C15H22N2O3S/c1-12-11-17(9-8-16-12)15(18)14(21(2,19)20)10-13-6-4-3-5-7-13/h3-7,12,14,16H,8-11H2,1-2H3/t12-,14-/m0/s1. The van der Waals surface area contributed by atoms with Crippen molar-refractivity contribution in [2.45, 2.75) is 24.6 Å². The van der Waals surface area contributed by atoms with Gasteiger partial charge in [0.1, 0.15) is 5.25 Å². The molecule has 1 N–H and O–H groups in total. The van der Waals surface area contributed by atoms with E-state index in [1.165, 1.54) is 0 Å². The number of benzene rings is 1. The van der Waals surface area contributed by atoms with E-state index in [0.717, 1.165) is 11.8 Å². The maximum absolute atomic E-state index is 12.6. The second kappa shape index (κ2) is 6.58. The molecule has 1 aliphatic rings. The Hall–Kier alpha value is -1.40. The van der Waals surface area contributed by atoms with Gasteiger partial charge < -0.3 is 10.2 Å². The van der Waals surface area contributed by atoms with Crippen LogP contribution in [0.5, 0.6) is 0 Å². The van der Waals surface area contributed by atoms with Crippen LogP contribution in [-0.4, -0.2) is 56.4 Å². The molecule has 2 atom stereocenters. The minimum Gasteiger partial charge on any atom is -0.339 e. The Morgan fingerprint density at radius 1 is 1.38 bits per heavy atom. The van der Waals surface area contributed by atoms with Gasteiger partial charge in [-0.1, -0.05) is 30.3 Å². The van der Waals surface area contributed by atoms with E-state index >= 15 is 0 Å². The number of amides is 1. The zero-order valence-electron chi connectivity index (χ0n) is 12.5. The average Bonchev–Trinajstić information content (AvgIpc) is 2.44. The monoisotopic (exact) mass is 310 g/mol. The molecule has 2 rings (SSSR count). The van der Waals surface area contributed by atoms with Crippen molar-refractivity contribution in [2.75, 3.05) is 25.9 Å². The second-order valence-corrected chi connectivity index (χ2v) is 7.88. The molecule has 1 saturated heterocycles. The summed E-state index contributed by atoms with van der Waals surface area (Å²) in [5.41, 5.74) is 0.865. The predicted molar refractivity (Wildman–Crippen MR) is 82.8 cm³/mol. The van der Waals surface area contributed by atoms with Crippen molar-refractivity contribution in [2.24, 2.45) is 0 Å². The van der Waals surface area contributed by atoms with E-state index in [0.29, 0.717) is 19.6 Å². The Bertz CT molecular complexity index is 586. The van der Waals surface area contributed by atoms with Crippen LogP contribution in [0.3, 0.4) is 0 Å². The van der Waals surface area contributed by atoms with Gasteiger partial charge in [0.2, 0.25) is 5.91 Å². The van der Waals surface area contributed by atoms with E-state index in [-0.39, 0.29) is 18.4 Å². The maximum Gasteiger partial charge on any atom is 0.241 e. The van der Waals surface area contributed by atoms with Gasteiger partial charge in [-0.05, 0) is 18.9 Å². The van der Waals surface area contributed by atoms with E-state index in [1.54, 1.807) is 4.90 Å². The summed E-state index contributed by atoms with van der Waals surface area (Å²) >= 11 is 0. The summed E-state index contributed by atoms with van der Waals surface area (Å²) in [4.78, 5) is 14.3. The van der Waals surface area contributed by atoms with Gasteiger partial charge in [-0.25, -0.2) is 8.42 Å². The quantitative estimate of drug-likeness (QED) is 0.877. The van der Waals surface area contributed by atoms with E-state index in [1.807, 2.05) is 37.3 Å². The van der Waals surface area contributed by atoms with Crippen LogP contribution in [0.4, 0.5) is 0 Å². The Morgan fingerprint density at radius 2 is 2.05 bits per heavy atom. The van der Waals surface area contributed by atoms with Crippen molar-refractivity contribution in [3.05, 3.63) is 35.9 Å². The molecule has 21 heavy (non-hydrogen) atoms. The van der Waals surface area contributed by atoms with E-state index in [9.17, 15) is 13.2 Å². The molecule has 1 aliphatic heterocycles. The Kier molecular flexibility index (Phi) is 5.00. The van der Waals surface area contributed by atoms with Gasteiger partial charge >= 0.3 is 0 Å². The maximum atomic E-state index is 12.6. The number of hydrogen-bond acceptors (Lipinski definition) is 4. The molecule has 0 aromatic heterocycles. The molecule has 1 aromatic carbocycles. The number of sulfone groups is 1. The van der Waals surface area contributed by atoms with Gasteiger partial charge in [0.05, 0.1) is 0 Å². The van der Waals surface area contributed by atoms with Gasteiger partial charge in [-0.15, -0.1) is 0 Å². The summed E-state index contributed by atoms with van der Waals surface area (Å²) < 4.78 is 24.1. The van der Waals surface area contributed by atoms with Crippen molar-refractivity contribution < 1.29 is 13.2 Å². The molecule has 116 valence electrons. The van der Waals surface area contributed by atoms with Gasteiger partial charge in [0.25, 0.3) is 0 Å². The van der Waals surface area contributed by atoms with Crippen LogP contribution in [0.2, 0.25) is 0 Å². The fraction of sp³-hybridized carbons (Fsp3) is 0.533. The lowest BCUT2D eigenvalue weighted by Crippen LogP contribution is -2.55. The normalized spacial score (nSPS) is 21.0. The second-order valence-electron chi connectivity index (χ2n) is 5.65. The molecule has 6 heteroatoms. The van der Waals surface area contributed by atoms with Crippen LogP contribution in [0, 0.1) is 0 Å². The van der Waals surface area contributed by atoms with Gasteiger partial charge in [0.15, 0.2) is 9.84 Å². The number of nitrogens with zero attached hydrogens (tertiary/aromatic N) is 1. The minimum absolute atomic E-state index is 0.194. The highest BCUT2D eigenvalue weighted by Gasteiger charge is 2.34. The number of rotatable bonds is 4. The Balaban J connectivity index is 2.18. The van der Waals surface area contributed by atoms with Crippen molar-refractivity contribution in [1.82, 2.24) is 10.2 Å². The van der Waals surface area contributed by atoms with Crippen molar-refractivity contribution in [3.8, 4) is 0 Å². The third-order valence-corrected chi connectivity index (χ3v) is 5.14. The molecule has 1 fully saturated rings. The highest BCUT2D eigenvalue weighted by atomic mass is 32.2. The molecule has 1 heterocycles. The van der Waals surface area contributed by atoms with Gasteiger partial charge in [-0.2, -0.15) is 0 Å². The number of carbonyl (C=O) groups excluding carboxylic acids is 1. The molecule has 0 aliphatic carbocycles. The first-order valence-electron chi connectivity index (χ1n) is 7.13. The van der Waals surface area contributed by atoms with Crippen LogP contribution < -0.4 is 5.32 Å². The summed E-state index contributed by atoms with van der Waals surface area (Å²) in [6, 6.07) is 9.48. The van der Waals surface area contributed by atoms with Crippen LogP contribution in [0.25, 0.3) is 0 Å². The number of carbonyl (C=O) groups is 1. The van der Waals surface area contributed by atoms with Crippen LogP contribution >= 0.6 is 0 Å². The summed E-state index contributed by atoms with van der Waals surface area (Å²) in [5.74, 6) is -0.283. The zero-order valence-corrected chi connectivity index (χ0v) is 13.3. The lowest BCUT2D eigenvalue weighted by molar-refractivity contribution is -0.131. The molecule has 1 amide bonds. The third-order valence-electron chi connectivity index (χ3n) is 3.74. The van der Waals surface area contributed by atoms with Crippen LogP contribution in [-0.2, 0) is 21.1 Å². The molecule has 5 nitrogen and oxygen atoms in total. The van der Waals surface area contributed by atoms with Gasteiger partial charge in [-0.3, -0.25) is 4.79 Å². The third kappa shape index (κ3) is 4.28. The summed E-state index contributed by atoms with van der Waals surface area (Å²) in [7, 11) is -3.44. The lowest BCUT2D eigenvalue weighted by Gasteiger charge is -2.34. The molecule has 0 bridgehead atoms. The number of piperazine rings is 1. The average molecular weight is 310 g/mol. The summed E-state index contributed by atoms with van der Waals surface area (Å²) in [6.45, 7) is 3.81. The highest BCUT2D eigenvalue weighted by molar-refractivity contribution is 7.92. The number of nitrogens with one attached hydrogen (secondary N) is 1. The van der Waals surface area contributed by atoms with E-state index in [2.05, 4.69) is 5.32 Å². The predicted octanol–water partition coefficient (Wildman–Crippen LogP) is 0.463. The fourth-order valence-electron chi connectivity index (χ4n) is 2.59. The fourth-order valence-corrected chi connectivity index (χ4v) is 3.60. The first-order valence-corrected chi connectivity index (χ1v) is 9.08. The molecular formula is C15H22N2O3S. The molecule has 0 spiro atoms. The topological polar surface area (TPSA) is 66.5 Å². The van der Waals surface area contributed by atoms with Crippen LogP contribution in [0.1, 0.15) is 12.5 Å². The molecular weight excluding hydrogens is 288 g/mol. The summed E-state index contributed by atoms with van der Waals surface area (Å²) in [5, 5.41) is 2.26. The molecule has 1 aromatic rings. The van der Waals surface area contributed by atoms with Crippen molar-refractivity contribution >= 4 is 15.7 Å². The first-order chi connectivity index (χ1) is 9.88. The molecule has 0 radical (unpaired) electrons. The van der Waals surface area contributed by atoms with E-state index < -0.39 is 15.1 Å². The minimum atomic E-state index is -3.44. The Morgan fingerprint density at radius 3 is 2.62 bits per heavy atom. The molecule has 0 unspecified atom stereocenters. The van der Waals surface area contributed by atoms with Crippen LogP contribution in [0.15, 0.2) is 30.3 Å². The first kappa shape index (κ1) is 16.0. The van der Waals surface area contributed by atoms with Gasteiger partial charge in [0, 0.05) is 31.9 Å². The highest BCUT2D eigenvalue weighted by Crippen LogP contribution is 2.14. The summed E-state index contributed by atoms with van der Waals surface area (Å²) in [6.07, 6.45) is 1.38. The Labute approximate surface area is 126 Å². The van der Waals surface area contributed by atoms with E-state index in [4.69, 9.17) is 0 Å².